The Morgan fingerprint density at radius 1 is 0.927 bits per heavy atom. The lowest BCUT2D eigenvalue weighted by Crippen LogP contribution is -2.46. The maximum atomic E-state index is 13.8. The summed E-state index contributed by atoms with van der Waals surface area (Å²) in [5, 5.41) is 11.7. The summed E-state index contributed by atoms with van der Waals surface area (Å²) < 4.78 is 0. The third-order valence-electron chi connectivity index (χ3n) is 7.11. The van der Waals surface area contributed by atoms with Gasteiger partial charge >= 0.3 is 5.97 Å². The molecule has 1 saturated heterocycles. The molecule has 1 aliphatic heterocycles. The fraction of sp³-hybridized carbons (Fsp3) is 0.258. The molecular formula is C31H30Cl2N4O3S. The Bertz CT molecular complexity index is 1480. The summed E-state index contributed by atoms with van der Waals surface area (Å²) in [6.45, 7) is 4.53. The van der Waals surface area contributed by atoms with E-state index in [-0.39, 0.29) is 23.6 Å². The minimum absolute atomic E-state index is 0.0905. The van der Waals surface area contributed by atoms with Crippen molar-refractivity contribution in [3.8, 4) is 0 Å². The number of aromatic nitrogens is 1. The van der Waals surface area contributed by atoms with E-state index in [4.69, 9.17) is 23.2 Å². The fourth-order valence-electron chi connectivity index (χ4n) is 4.93. The van der Waals surface area contributed by atoms with Crippen LogP contribution in [0.15, 0.2) is 85.1 Å². The number of hydrogen-bond acceptors (Lipinski definition) is 6. The Kier molecular flexibility index (Phi) is 9.57. The number of thiazole rings is 1. The maximum absolute atomic E-state index is 13.8. The first-order valence-electron chi connectivity index (χ1n) is 13.4. The van der Waals surface area contributed by atoms with Gasteiger partial charge in [-0.05, 0) is 29.3 Å². The number of carboxylic acids is 1. The first-order valence-corrected chi connectivity index (χ1v) is 14.9. The van der Waals surface area contributed by atoms with Crippen LogP contribution in [0.25, 0.3) is 0 Å². The lowest BCUT2D eigenvalue weighted by atomic mass is 10.0. The predicted molar refractivity (Wildman–Crippen MR) is 164 cm³/mol. The van der Waals surface area contributed by atoms with Gasteiger partial charge in [-0.3, -0.25) is 9.69 Å². The molecule has 3 aromatic carbocycles. The summed E-state index contributed by atoms with van der Waals surface area (Å²) in [6, 6.07) is 23.2. The minimum atomic E-state index is -1.11. The van der Waals surface area contributed by atoms with Crippen molar-refractivity contribution < 1.29 is 14.7 Å². The molecule has 1 fully saturated rings. The van der Waals surface area contributed by atoms with Gasteiger partial charge in [0.2, 0.25) is 0 Å². The molecule has 0 aliphatic carbocycles. The molecule has 212 valence electrons. The number of halogens is 2. The molecule has 4 aromatic rings. The molecule has 0 radical (unpaired) electrons. The van der Waals surface area contributed by atoms with Crippen LogP contribution < -0.4 is 4.90 Å². The van der Waals surface area contributed by atoms with Crippen molar-refractivity contribution in [3.05, 3.63) is 117 Å². The molecular weight excluding hydrogens is 579 g/mol. The lowest BCUT2D eigenvalue weighted by molar-refractivity contribution is -0.142. The molecule has 10 heteroatoms. The molecule has 0 spiro atoms. The van der Waals surface area contributed by atoms with Crippen molar-refractivity contribution >= 4 is 51.5 Å². The predicted octanol–water partition coefficient (Wildman–Crippen LogP) is 6.11. The van der Waals surface area contributed by atoms with Crippen LogP contribution in [0.1, 0.15) is 26.4 Å². The second kappa shape index (κ2) is 13.5. The number of nitrogens with zero attached hydrogens (tertiary/aromatic N) is 4. The molecule has 1 aromatic heterocycles. The Labute approximate surface area is 253 Å². The Hall–Kier alpha value is -3.43. The normalized spacial score (nSPS) is 14.5. The lowest BCUT2D eigenvalue weighted by Gasteiger charge is -2.34. The van der Waals surface area contributed by atoms with Gasteiger partial charge in [0.15, 0.2) is 5.13 Å². The van der Waals surface area contributed by atoms with E-state index in [1.807, 2.05) is 36.4 Å². The zero-order valence-corrected chi connectivity index (χ0v) is 24.7. The molecule has 41 heavy (non-hydrogen) atoms. The van der Waals surface area contributed by atoms with Gasteiger partial charge in [0.25, 0.3) is 5.91 Å². The summed E-state index contributed by atoms with van der Waals surface area (Å²) in [4.78, 5) is 37.9. The van der Waals surface area contributed by atoms with E-state index in [0.717, 1.165) is 48.3 Å². The molecule has 0 saturated carbocycles. The number of amides is 1. The molecule has 5 rings (SSSR count). The summed E-state index contributed by atoms with van der Waals surface area (Å²) in [5.74, 6) is -1.56. The van der Waals surface area contributed by atoms with Crippen molar-refractivity contribution in [1.29, 1.82) is 0 Å². The van der Waals surface area contributed by atoms with Crippen molar-refractivity contribution in [2.75, 3.05) is 31.1 Å². The van der Waals surface area contributed by atoms with Crippen molar-refractivity contribution in [1.82, 2.24) is 14.8 Å². The van der Waals surface area contributed by atoms with E-state index >= 15 is 0 Å². The van der Waals surface area contributed by atoms with Crippen molar-refractivity contribution in [2.24, 2.45) is 0 Å². The van der Waals surface area contributed by atoms with Gasteiger partial charge in [-0.25, -0.2) is 9.78 Å². The summed E-state index contributed by atoms with van der Waals surface area (Å²) in [6.07, 6.45) is 1.89. The standard InChI is InChI=1S/C31H30Cl2N4O3S/c32-24-11-12-26(27(33)18-24)29(38)37(28(30(39)40)17-22-7-3-1-4-8-22)21-25-19-34-31(41-25)36-15-13-35(14-16-36)20-23-9-5-2-6-10-23/h1-12,18-19,28H,13-17,20-21H2,(H,39,40)/t28-/m0/s1. The highest BCUT2D eigenvalue weighted by atomic mass is 35.5. The Morgan fingerprint density at radius 3 is 2.22 bits per heavy atom. The number of rotatable bonds is 10. The number of hydrogen-bond donors (Lipinski definition) is 1. The van der Waals surface area contributed by atoms with Crippen LogP contribution in [0.5, 0.6) is 0 Å². The third kappa shape index (κ3) is 7.45. The van der Waals surface area contributed by atoms with Crippen LogP contribution in [-0.2, 0) is 24.3 Å². The van der Waals surface area contributed by atoms with Crippen LogP contribution in [0.4, 0.5) is 5.13 Å². The monoisotopic (exact) mass is 608 g/mol. The average Bonchev–Trinajstić information content (AvgIpc) is 3.45. The van der Waals surface area contributed by atoms with E-state index in [2.05, 4.69) is 39.0 Å². The first-order chi connectivity index (χ1) is 19.9. The van der Waals surface area contributed by atoms with E-state index < -0.39 is 17.9 Å². The second-order valence-corrected chi connectivity index (χ2v) is 11.9. The minimum Gasteiger partial charge on any atom is -0.480 e. The van der Waals surface area contributed by atoms with E-state index in [1.54, 1.807) is 12.3 Å². The smallest absolute Gasteiger partial charge is 0.326 e. The molecule has 2 heterocycles. The van der Waals surface area contributed by atoms with Gasteiger partial charge in [0.1, 0.15) is 6.04 Å². The molecule has 1 aliphatic rings. The van der Waals surface area contributed by atoms with Gasteiger partial charge in [0.05, 0.1) is 17.1 Å². The van der Waals surface area contributed by atoms with E-state index in [0.29, 0.717) is 5.02 Å². The molecule has 1 N–H and O–H groups in total. The Balaban J connectivity index is 1.33. The molecule has 0 bridgehead atoms. The van der Waals surface area contributed by atoms with E-state index in [1.165, 1.54) is 33.9 Å². The van der Waals surface area contributed by atoms with Gasteiger partial charge in [-0.2, -0.15) is 0 Å². The average molecular weight is 610 g/mol. The number of carbonyl (C=O) groups excluding carboxylic acids is 1. The zero-order valence-electron chi connectivity index (χ0n) is 22.3. The molecule has 1 atom stereocenters. The molecule has 7 nitrogen and oxygen atoms in total. The molecule has 0 unspecified atom stereocenters. The SMILES string of the molecule is O=C(O)[C@H](Cc1ccccc1)N(Cc1cnc(N2CCN(Cc3ccccc3)CC2)s1)C(=O)c1ccc(Cl)cc1Cl. The van der Waals surface area contributed by atoms with Gasteiger partial charge in [0, 0.05) is 55.2 Å². The quantitative estimate of drug-likeness (QED) is 0.234. The number of anilines is 1. The second-order valence-electron chi connectivity index (χ2n) is 9.96. The molecule has 1 amide bonds. The highest BCUT2D eigenvalue weighted by Crippen LogP contribution is 2.29. The number of piperazine rings is 1. The van der Waals surface area contributed by atoms with Crippen LogP contribution in [-0.4, -0.2) is 64.0 Å². The van der Waals surface area contributed by atoms with Crippen molar-refractivity contribution in [2.45, 2.75) is 25.6 Å². The largest absolute Gasteiger partial charge is 0.480 e. The zero-order chi connectivity index (χ0) is 28.8. The van der Waals surface area contributed by atoms with Gasteiger partial charge in [-0.15, -0.1) is 11.3 Å². The maximum Gasteiger partial charge on any atom is 0.326 e. The topological polar surface area (TPSA) is 77.0 Å². The highest BCUT2D eigenvalue weighted by molar-refractivity contribution is 7.15. The highest BCUT2D eigenvalue weighted by Gasteiger charge is 2.32. The number of carboxylic acid groups (broad SMARTS) is 1. The van der Waals surface area contributed by atoms with Crippen LogP contribution in [0, 0.1) is 0 Å². The fourth-order valence-corrected chi connectivity index (χ4v) is 6.38. The van der Waals surface area contributed by atoms with Crippen LogP contribution >= 0.6 is 34.5 Å². The van der Waals surface area contributed by atoms with Crippen LogP contribution in [0.3, 0.4) is 0 Å². The summed E-state index contributed by atoms with van der Waals surface area (Å²) in [5.41, 5.74) is 2.32. The van der Waals surface area contributed by atoms with Crippen LogP contribution in [0.2, 0.25) is 10.0 Å². The number of aliphatic carboxylic acids is 1. The van der Waals surface area contributed by atoms with Gasteiger partial charge < -0.3 is 14.9 Å². The van der Waals surface area contributed by atoms with E-state index in [9.17, 15) is 14.7 Å². The Morgan fingerprint density at radius 2 is 1.59 bits per heavy atom. The van der Waals surface area contributed by atoms with Gasteiger partial charge in [-0.1, -0.05) is 83.9 Å². The third-order valence-corrected chi connectivity index (χ3v) is 8.71. The first kappa shape index (κ1) is 29.1. The summed E-state index contributed by atoms with van der Waals surface area (Å²) in [7, 11) is 0. The number of benzene rings is 3. The van der Waals surface area contributed by atoms with Crippen molar-refractivity contribution in [3.63, 3.8) is 0 Å². The number of carbonyl (C=O) groups is 2. The summed E-state index contributed by atoms with van der Waals surface area (Å²) >= 11 is 13.9.